The molecule has 2 heterocycles. The molecular formula is C53H57N2O8S3+. The summed E-state index contributed by atoms with van der Waals surface area (Å²) in [6.07, 6.45) is 13.2. The maximum absolute atomic E-state index is 11.8. The lowest BCUT2D eigenvalue weighted by atomic mass is 9.80. The molecule has 5 aromatic rings. The number of allylic oxidation sites excluding steroid dienone is 8. The first-order valence-electron chi connectivity index (χ1n) is 22.5. The third kappa shape index (κ3) is 9.82. The average molecular weight is 946 g/mol. The van der Waals surface area contributed by atoms with Gasteiger partial charge in [0.25, 0.3) is 20.2 Å². The van der Waals surface area contributed by atoms with Crippen LogP contribution in [0.3, 0.4) is 0 Å². The maximum Gasteiger partial charge on any atom is 0.335 e. The van der Waals surface area contributed by atoms with Crippen molar-refractivity contribution in [3.8, 4) is 0 Å². The molecule has 0 atom stereocenters. The quantitative estimate of drug-likeness (QED) is 0.0322. The summed E-state index contributed by atoms with van der Waals surface area (Å²) in [5.41, 5.74) is 8.45. The van der Waals surface area contributed by atoms with Crippen LogP contribution in [0, 0.1) is 0 Å². The minimum atomic E-state index is -4.08. The van der Waals surface area contributed by atoms with Gasteiger partial charge in [0.1, 0.15) is 0 Å². The highest BCUT2D eigenvalue weighted by Gasteiger charge is 2.43. The van der Waals surface area contributed by atoms with Crippen LogP contribution in [0.15, 0.2) is 149 Å². The van der Waals surface area contributed by atoms with E-state index in [2.05, 4.69) is 122 Å². The van der Waals surface area contributed by atoms with Crippen LogP contribution in [0.5, 0.6) is 0 Å². The number of unbranched alkanes of at least 4 members (excludes halogenated alkanes) is 2. The molecule has 1 fully saturated rings. The van der Waals surface area contributed by atoms with E-state index < -0.39 is 37.0 Å². The van der Waals surface area contributed by atoms with Crippen LogP contribution in [0.25, 0.3) is 21.5 Å². The molecule has 0 radical (unpaired) electrons. The van der Waals surface area contributed by atoms with E-state index in [1.165, 1.54) is 21.9 Å². The summed E-state index contributed by atoms with van der Waals surface area (Å²) in [6.45, 7) is 10.1. The molecule has 2 aliphatic heterocycles. The van der Waals surface area contributed by atoms with Gasteiger partial charge in [-0.15, -0.1) is 0 Å². The summed E-state index contributed by atoms with van der Waals surface area (Å²) in [6, 6.07) is 32.3. The van der Waals surface area contributed by atoms with Crippen LogP contribution in [0.2, 0.25) is 0 Å². The summed E-state index contributed by atoms with van der Waals surface area (Å²) in [5.74, 6) is -1.57. The fourth-order valence-electron chi connectivity index (χ4n) is 10.2. The van der Waals surface area contributed by atoms with Gasteiger partial charge >= 0.3 is 5.97 Å². The number of carboxylic acid groups (broad SMARTS) is 1. The van der Waals surface area contributed by atoms with Gasteiger partial charge in [0.05, 0.1) is 17.1 Å². The van der Waals surface area contributed by atoms with Gasteiger partial charge in [-0.3, -0.25) is 9.11 Å². The molecule has 3 N–H and O–H groups in total. The number of hydrogen-bond acceptors (Lipinski definition) is 7. The summed E-state index contributed by atoms with van der Waals surface area (Å²) < 4.78 is 65.6. The molecule has 0 unspecified atom stereocenters. The number of fused-ring (bicyclic) bond motifs is 6. The summed E-state index contributed by atoms with van der Waals surface area (Å²) in [4.78, 5) is 18.4. The topological polar surface area (TPSA) is 153 Å². The Hall–Kier alpha value is -5.44. The van der Waals surface area contributed by atoms with Crippen LogP contribution >= 0.6 is 0 Å². The Bertz CT molecular complexity index is 2930. The molecule has 66 heavy (non-hydrogen) atoms. The lowest BCUT2D eigenvalue weighted by molar-refractivity contribution is 0.0696. The van der Waals surface area contributed by atoms with E-state index in [4.69, 9.17) is 0 Å². The van der Waals surface area contributed by atoms with Crippen molar-refractivity contribution in [3.05, 3.63) is 161 Å². The summed E-state index contributed by atoms with van der Waals surface area (Å²) in [5, 5.41) is 14.3. The van der Waals surface area contributed by atoms with Gasteiger partial charge in [-0.25, -0.2) is 4.79 Å². The highest BCUT2D eigenvalue weighted by molar-refractivity contribution is 7.86. The van der Waals surface area contributed by atoms with Crippen LogP contribution in [-0.2, 0) is 42.4 Å². The normalized spacial score (nSPS) is 20.1. The van der Waals surface area contributed by atoms with Crippen molar-refractivity contribution in [2.75, 3.05) is 34.4 Å². The standard InChI is InChI=1S/C53H56N2O8S3/c1-52(2)46(54(32-9-11-34-65(58,59)60)44-28-22-36-14-5-7-18-42(36)48(44)52)30-24-38-16-13-17-39(50(38)64-41-26-20-40(21-27-41)51(56)57)25-31-47-53(3,4)49-43-19-8-6-15-37(43)23-29-45(49)55(47)33-10-12-35-66(61,62)63/h5-8,14-15,18-31H,9-13,16-17,32-35H2,1-4H3,(H2-,56,57,58,59,60,61,62,63)/p+1/b38-24+,39-25+,46-30-,47-31+. The zero-order chi connectivity index (χ0) is 47.0. The molecule has 0 aromatic heterocycles. The predicted octanol–water partition coefficient (Wildman–Crippen LogP) is 11.0. The second-order valence-electron chi connectivity index (χ2n) is 18.5. The highest BCUT2D eigenvalue weighted by Crippen LogP contribution is 2.52. The number of benzene rings is 5. The molecule has 8 rings (SSSR count). The lowest BCUT2D eigenvalue weighted by Gasteiger charge is -2.27. The number of carbonyl (C=O) groups is 1. The predicted molar refractivity (Wildman–Crippen MR) is 270 cm³/mol. The van der Waals surface area contributed by atoms with Crippen molar-refractivity contribution in [1.82, 2.24) is 0 Å². The van der Waals surface area contributed by atoms with E-state index in [1.54, 1.807) is 23.5 Å². The van der Waals surface area contributed by atoms with Gasteiger partial charge in [-0.05, 0) is 114 Å². The number of nitrogens with zero attached hydrogens (tertiary/aromatic N) is 2. The molecule has 0 saturated heterocycles. The number of aromatic carboxylic acids is 1. The van der Waals surface area contributed by atoms with E-state index in [-0.39, 0.29) is 17.1 Å². The first-order valence-corrected chi connectivity index (χ1v) is 26.6. The minimum Gasteiger partial charge on any atom is -0.478 e. The molecule has 3 aliphatic rings. The van der Waals surface area contributed by atoms with E-state index >= 15 is 0 Å². The van der Waals surface area contributed by atoms with E-state index in [0.717, 1.165) is 73.7 Å². The SMILES string of the molecule is CC1(C)/C(=C/C=C2\CCC/C(=C\C=C3\N(CCCCS(=O)(=O)O)c4ccc5ccccc5c4C3(C)C)C2=[S+]c2ccc(C(=O)O)cc2)N(CCCCS(=O)(=O)O)c2ccc3ccccc3c21. The van der Waals surface area contributed by atoms with E-state index in [9.17, 15) is 35.8 Å². The van der Waals surface area contributed by atoms with Crippen LogP contribution in [0.1, 0.15) is 94.1 Å². The molecule has 0 bridgehead atoms. The highest BCUT2D eigenvalue weighted by atomic mass is 32.2. The van der Waals surface area contributed by atoms with Crippen LogP contribution in [-0.4, -0.2) is 66.5 Å². The third-order valence-electron chi connectivity index (χ3n) is 13.3. The van der Waals surface area contributed by atoms with Gasteiger partial charge in [0.15, 0.2) is 0 Å². The Morgan fingerprint density at radius 3 is 1.47 bits per heavy atom. The Morgan fingerprint density at radius 2 is 1.05 bits per heavy atom. The lowest BCUT2D eigenvalue weighted by Crippen LogP contribution is -2.27. The fourth-order valence-corrected chi connectivity index (χ4v) is 12.4. The van der Waals surface area contributed by atoms with E-state index in [1.807, 2.05) is 24.3 Å². The average Bonchev–Trinajstić information content (AvgIpc) is 3.63. The first-order chi connectivity index (χ1) is 31.3. The Kier molecular flexibility index (Phi) is 13.3. The fraction of sp³-hybridized carbons (Fsp3) is 0.321. The molecule has 344 valence electrons. The molecule has 1 saturated carbocycles. The molecular weight excluding hydrogens is 889 g/mol. The van der Waals surface area contributed by atoms with Crippen molar-refractivity contribution >= 4 is 75.3 Å². The summed E-state index contributed by atoms with van der Waals surface area (Å²) >= 11 is 1.62. The second kappa shape index (κ2) is 18.7. The number of hydrogen-bond donors (Lipinski definition) is 3. The molecule has 5 aromatic carbocycles. The van der Waals surface area contributed by atoms with Crippen LogP contribution < -0.4 is 9.80 Å². The first kappa shape index (κ1) is 47.1. The van der Waals surface area contributed by atoms with Gasteiger partial charge in [-0.2, -0.15) is 16.8 Å². The molecule has 13 heteroatoms. The van der Waals surface area contributed by atoms with Crippen molar-refractivity contribution in [2.45, 2.75) is 88.4 Å². The molecule has 0 spiro atoms. The Morgan fingerprint density at radius 1 is 0.606 bits per heavy atom. The third-order valence-corrected chi connectivity index (χ3v) is 16.1. The van der Waals surface area contributed by atoms with Gasteiger partial charge < -0.3 is 14.9 Å². The van der Waals surface area contributed by atoms with Gasteiger partial charge in [0, 0.05) is 70.0 Å². The zero-order valence-electron chi connectivity index (χ0n) is 37.8. The molecule has 1 aliphatic carbocycles. The van der Waals surface area contributed by atoms with Crippen molar-refractivity contribution in [1.29, 1.82) is 0 Å². The zero-order valence-corrected chi connectivity index (χ0v) is 40.3. The van der Waals surface area contributed by atoms with Gasteiger partial charge in [0.2, 0.25) is 21.1 Å². The smallest absolute Gasteiger partial charge is 0.335 e. The molecule has 10 nitrogen and oxygen atoms in total. The maximum atomic E-state index is 11.8. The number of carboxylic acids is 1. The van der Waals surface area contributed by atoms with Gasteiger partial charge in [-0.1, -0.05) is 101 Å². The Labute approximate surface area is 392 Å². The van der Waals surface area contributed by atoms with Crippen LogP contribution in [0.4, 0.5) is 11.4 Å². The second-order valence-corrected chi connectivity index (χ2v) is 22.7. The minimum absolute atomic E-state index is 0.216. The Balaban J connectivity index is 1.23. The summed E-state index contributed by atoms with van der Waals surface area (Å²) in [7, 11) is -8.17. The largest absolute Gasteiger partial charge is 0.478 e. The van der Waals surface area contributed by atoms with Crippen molar-refractivity contribution in [2.24, 2.45) is 0 Å². The number of anilines is 2. The molecule has 0 amide bonds. The van der Waals surface area contributed by atoms with Crippen molar-refractivity contribution < 1.29 is 35.8 Å². The monoisotopic (exact) mass is 945 g/mol. The van der Waals surface area contributed by atoms with E-state index in [0.29, 0.717) is 38.8 Å². The van der Waals surface area contributed by atoms with Crippen molar-refractivity contribution in [3.63, 3.8) is 0 Å². The number of rotatable bonds is 14.